The second kappa shape index (κ2) is 4.60. The average molecular weight is 228 g/mol. The van der Waals surface area contributed by atoms with Crippen LogP contribution in [-0.4, -0.2) is 12.9 Å². The van der Waals surface area contributed by atoms with Gasteiger partial charge in [-0.15, -0.1) is 0 Å². The minimum atomic E-state index is -2.90. The Hall–Kier alpha value is -1.45. The molecule has 0 aliphatic carbocycles. The van der Waals surface area contributed by atoms with E-state index in [2.05, 4.69) is 0 Å². The maximum Gasteiger partial charge on any atom is 0.270 e. The van der Waals surface area contributed by atoms with E-state index in [-0.39, 0.29) is 17.8 Å². The van der Waals surface area contributed by atoms with Gasteiger partial charge in [0.1, 0.15) is 11.5 Å². The number of rotatable bonds is 4. The molecule has 0 radical (unpaired) electrons. The fourth-order valence-electron chi connectivity index (χ4n) is 1.46. The zero-order chi connectivity index (χ0) is 12.3. The summed E-state index contributed by atoms with van der Waals surface area (Å²) in [6.45, 7) is 2.24. The third-order valence-corrected chi connectivity index (χ3v) is 2.23. The lowest BCUT2D eigenvalue weighted by Crippen LogP contribution is -2.09. The van der Waals surface area contributed by atoms with Gasteiger partial charge >= 0.3 is 0 Å². The lowest BCUT2D eigenvalue weighted by atomic mass is 10.0. The van der Waals surface area contributed by atoms with E-state index in [9.17, 15) is 13.6 Å². The summed E-state index contributed by atoms with van der Waals surface area (Å²) in [5.74, 6) is -2.53. The number of alkyl halides is 2. The highest BCUT2D eigenvalue weighted by molar-refractivity contribution is 5.79. The van der Waals surface area contributed by atoms with E-state index in [4.69, 9.17) is 4.74 Å². The Morgan fingerprint density at radius 1 is 1.44 bits per heavy atom. The summed E-state index contributed by atoms with van der Waals surface area (Å²) >= 11 is 0. The molecular formula is C12H14F2O2. The number of ketones is 1. The highest BCUT2D eigenvalue weighted by atomic mass is 19.3. The highest BCUT2D eigenvalue weighted by Crippen LogP contribution is 2.31. The summed E-state index contributed by atoms with van der Waals surface area (Å²) in [5, 5.41) is 0. The molecule has 0 heterocycles. The summed E-state index contributed by atoms with van der Waals surface area (Å²) in [6.07, 6.45) is 0.104. The molecule has 88 valence electrons. The molecule has 0 bridgehead atoms. The third kappa shape index (κ3) is 3.02. The number of benzene rings is 1. The SMILES string of the molecule is COc1ccc(C(C)(F)F)cc1CC(C)=O. The molecule has 1 aromatic carbocycles. The first-order valence-electron chi connectivity index (χ1n) is 4.89. The predicted molar refractivity (Wildman–Crippen MR) is 56.9 cm³/mol. The molecule has 0 atom stereocenters. The van der Waals surface area contributed by atoms with Crippen molar-refractivity contribution in [3.63, 3.8) is 0 Å². The molecule has 0 spiro atoms. The maximum absolute atomic E-state index is 13.1. The molecule has 0 unspecified atom stereocenters. The molecule has 0 amide bonds. The van der Waals surface area contributed by atoms with Gasteiger partial charge in [0.05, 0.1) is 7.11 Å². The van der Waals surface area contributed by atoms with E-state index in [1.807, 2.05) is 0 Å². The zero-order valence-electron chi connectivity index (χ0n) is 9.51. The quantitative estimate of drug-likeness (QED) is 0.792. The molecule has 0 N–H and O–H groups in total. The molecule has 0 fully saturated rings. The van der Waals surface area contributed by atoms with Gasteiger partial charge in [-0.3, -0.25) is 4.79 Å². The van der Waals surface area contributed by atoms with Gasteiger partial charge in [-0.05, 0) is 25.1 Å². The Bertz CT molecular complexity index is 394. The van der Waals surface area contributed by atoms with Gasteiger partial charge in [0.15, 0.2) is 0 Å². The molecule has 0 aliphatic rings. The molecule has 0 saturated heterocycles. The van der Waals surface area contributed by atoms with Crippen LogP contribution in [0, 0.1) is 0 Å². The first-order valence-corrected chi connectivity index (χ1v) is 4.89. The number of carbonyl (C=O) groups is 1. The van der Waals surface area contributed by atoms with Crippen molar-refractivity contribution in [3.05, 3.63) is 29.3 Å². The number of methoxy groups -OCH3 is 1. The van der Waals surface area contributed by atoms with Crippen molar-refractivity contribution in [3.8, 4) is 5.75 Å². The van der Waals surface area contributed by atoms with E-state index in [0.29, 0.717) is 11.3 Å². The standard InChI is InChI=1S/C12H14F2O2/c1-8(15)6-9-7-10(12(2,13)14)4-5-11(9)16-3/h4-5,7H,6H2,1-3H3. The summed E-state index contributed by atoms with van der Waals surface area (Å²) in [5.41, 5.74) is 0.388. The Morgan fingerprint density at radius 3 is 2.50 bits per heavy atom. The summed E-state index contributed by atoms with van der Waals surface area (Å²) in [6, 6.07) is 4.09. The van der Waals surface area contributed by atoms with Crippen molar-refractivity contribution < 1.29 is 18.3 Å². The minimum absolute atomic E-state index is 0.0881. The number of hydrogen-bond acceptors (Lipinski definition) is 2. The van der Waals surface area contributed by atoms with Crippen molar-refractivity contribution in [2.24, 2.45) is 0 Å². The summed E-state index contributed by atoms with van der Waals surface area (Å²) in [7, 11) is 1.45. The first kappa shape index (κ1) is 12.6. The Balaban J connectivity index is 3.16. The van der Waals surface area contributed by atoms with Crippen LogP contribution in [0.4, 0.5) is 8.78 Å². The first-order chi connectivity index (χ1) is 7.34. The minimum Gasteiger partial charge on any atom is -0.496 e. The highest BCUT2D eigenvalue weighted by Gasteiger charge is 2.25. The van der Waals surface area contributed by atoms with Gasteiger partial charge in [0, 0.05) is 24.5 Å². The molecular weight excluding hydrogens is 214 g/mol. The fraction of sp³-hybridized carbons (Fsp3) is 0.417. The van der Waals surface area contributed by atoms with Crippen LogP contribution in [0.3, 0.4) is 0 Å². The molecule has 4 heteroatoms. The van der Waals surface area contributed by atoms with Crippen molar-refractivity contribution in [2.45, 2.75) is 26.2 Å². The average Bonchev–Trinajstić information content (AvgIpc) is 2.15. The second-order valence-electron chi connectivity index (χ2n) is 3.79. The Kier molecular flexibility index (Phi) is 3.62. The molecule has 0 saturated carbocycles. The van der Waals surface area contributed by atoms with Crippen LogP contribution in [0.25, 0.3) is 0 Å². The van der Waals surface area contributed by atoms with E-state index in [0.717, 1.165) is 6.92 Å². The van der Waals surface area contributed by atoms with E-state index in [1.165, 1.54) is 32.2 Å². The number of halogens is 2. The lowest BCUT2D eigenvalue weighted by molar-refractivity contribution is -0.116. The van der Waals surface area contributed by atoms with Gasteiger partial charge in [-0.25, -0.2) is 8.78 Å². The van der Waals surface area contributed by atoms with Crippen LogP contribution in [0.15, 0.2) is 18.2 Å². The Labute approximate surface area is 93.2 Å². The smallest absolute Gasteiger partial charge is 0.270 e. The van der Waals surface area contributed by atoms with Gasteiger partial charge in [-0.1, -0.05) is 0 Å². The van der Waals surface area contributed by atoms with Gasteiger partial charge in [-0.2, -0.15) is 0 Å². The fourth-order valence-corrected chi connectivity index (χ4v) is 1.46. The van der Waals surface area contributed by atoms with Crippen LogP contribution >= 0.6 is 0 Å². The molecule has 16 heavy (non-hydrogen) atoms. The number of hydrogen-bond donors (Lipinski definition) is 0. The zero-order valence-corrected chi connectivity index (χ0v) is 9.51. The van der Waals surface area contributed by atoms with E-state index in [1.54, 1.807) is 0 Å². The van der Waals surface area contributed by atoms with Crippen LogP contribution < -0.4 is 4.74 Å². The number of Topliss-reactive ketones (excluding diaryl/α,β-unsaturated/α-hetero) is 1. The third-order valence-electron chi connectivity index (χ3n) is 2.23. The van der Waals surface area contributed by atoms with Gasteiger partial charge in [0.25, 0.3) is 5.92 Å². The molecule has 0 aliphatic heterocycles. The van der Waals surface area contributed by atoms with Gasteiger partial charge < -0.3 is 4.74 Å². The van der Waals surface area contributed by atoms with E-state index >= 15 is 0 Å². The largest absolute Gasteiger partial charge is 0.496 e. The van der Waals surface area contributed by atoms with Crippen molar-refractivity contribution >= 4 is 5.78 Å². The van der Waals surface area contributed by atoms with Crippen molar-refractivity contribution in [2.75, 3.05) is 7.11 Å². The molecule has 0 aromatic heterocycles. The van der Waals surface area contributed by atoms with Gasteiger partial charge in [0.2, 0.25) is 0 Å². The van der Waals surface area contributed by atoms with Crippen LogP contribution in [0.5, 0.6) is 5.75 Å². The lowest BCUT2D eigenvalue weighted by Gasteiger charge is -2.14. The molecule has 2 nitrogen and oxygen atoms in total. The molecule has 1 rings (SSSR count). The second-order valence-corrected chi connectivity index (χ2v) is 3.79. The van der Waals surface area contributed by atoms with Crippen LogP contribution in [0.2, 0.25) is 0 Å². The Morgan fingerprint density at radius 2 is 2.06 bits per heavy atom. The topological polar surface area (TPSA) is 26.3 Å². The summed E-state index contributed by atoms with van der Waals surface area (Å²) < 4.78 is 31.2. The van der Waals surface area contributed by atoms with Crippen LogP contribution in [0.1, 0.15) is 25.0 Å². The normalized spacial score (nSPS) is 11.3. The number of ether oxygens (including phenoxy) is 1. The molecule has 1 aromatic rings. The predicted octanol–water partition coefficient (Wildman–Crippen LogP) is 2.94. The monoisotopic (exact) mass is 228 g/mol. The van der Waals surface area contributed by atoms with Crippen molar-refractivity contribution in [1.82, 2.24) is 0 Å². The number of carbonyl (C=O) groups excluding carboxylic acids is 1. The van der Waals surface area contributed by atoms with E-state index < -0.39 is 5.92 Å². The maximum atomic E-state index is 13.1. The van der Waals surface area contributed by atoms with Crippen LogP contribution in [-0.2, 0) is 17.1 Å². The van der Waals surface area contributed by atoms with Crippen molar-refractivity contribution in [1.29, 1.82) is 0 Å². The summed E-state index contributed by atoms with van der Waals surface area (Å²) in [4.78, 5) is 11.0.